The smallest absolute Gasteiger partial charge is 0.319 e. The van der Waals surface area contributed by atoms with Crippen LogP contribution in [0.15, 0.2) is 0 Å². The lowest BCUT2D eigenvalue weighted by Crippen LogP contribution is -2.30. The molecule has 7 heteroatoms. The molecule has 1 rings (SSSR count). The SMILES string of the molecule is CCOC(=O)C[C@@H]1C(=O)NC(=O)[C@H]1C(=O)OCC. The molecule has 100 valence electrons. The molecule has 0 bridgehead atoms. The van der Waals surface area contributed by atoms with Gasteiger partial charge in [0.05, 0.1) is 25.6 Å². The summed E-state index contributed by atoms with van der Waals surface area (Å²) in [6.45, 7) is 3.49. The highest BCUT2D eigenvalue weighted by Crippen LogP contribution is 2.24. The Balaban J connectivity index is 2.78. The molecule has 1 N–H and O–H groups in total. The summed E-state index contributed by atoms with van der Waals surface area (Å²) in [4.78, 5) is 45.8. The summed E-state index contributed by atoms with van der Waals surface area (Å²) in [5, 5.41) is 2.02. The Labute approximate surface area is 104 Å². The third-order valence-electron chi connectivity index (χ3n) is 2.50. The van der Waals surface area contributed by atoms with E-state index in [4.69, 9.17) is 9.47 Å². The summed E-state index contributed by atoms with van der Waals surface area (Å²) in [6, 6.07) is 0. The van der Waals surface area contributed by atoms with Crippen molar-refractivity contribution in [2.45, 2.75) is 20.3 Å². The molecule has 2 atom stereocenters. The van der Waals surface area contributed by atoms with Crippen LogP contribution in [0.2, 0.25) is 0 Å². The molecule has 1 aliphatic rings. The van der Waals surface area contributed by atoms with E-state index in [0.29, 0.717) is 0 Å². The van der Waals surface area contributed by atoms with Crippen molar-refractivity contribution in [3.8, 4) is 0 Å². The van der Waals surface area contributed by atoms with Crippen LogP contribution in [0.1, 0.15) is 20.3 Å². The summed E-state index contributed by atoms with van der Waals surface area (Å²) >= 11 is 0. The molecular weight excluding hydrogens is 242 g/mol. The Morgan fingerprint density at radius 2 is 1.72 bits per heavy atom. The predicted molar refractivity (Wildman–Crippen MR) is 58.0 cm³/mol. The van der Waals surface area contributed by atoms with E-state index in [1.807, 2.05) is 5.32 Å². The summed E-state index contributed by atoms with van der Waals surface area (Å²) in [5.74, 6) is -5.10. The van der Waals surface area contributed by atoms with Crippen LogP contribution < -0.4 is 5.32 Å². The standard InChI is InChI=1S/C11H15NO6/c1-3-17-7(13)5-6-8(11(16)18-4-2)10(15)12-9(6)14/h6,8H,3-5H2,1-2H3,(H,12,14,15)/t6-,8-/m0/s1. The van der Waals surface area contributed by atoms with Crippen molar-refractivity contribution in [3.05, 3.63) is 0 Å². The highest BCUT2D eigenvalue weighted by molar-refractivity contribution is 6.14. The highest BCUT2D eigenvalue weighted by atomic mass is 16.5. The maximum Gasteiger partial charge on any atom is 0.319 e. The van der Waals surface area contributed by atoms with Gasteiger partial charge in [-0.15, -0.1) is 0 Å². The van der Waals surface area contributed by atoms with Gasteiger partial charge in [0.1, 0.15) is 5.92 Å². The molecule has 0 spiro atoms. The quantitative estimate of drug-likeness (QED) is 0.401. The van der Waals surface area contributed by atoms with Crippen molar-refractivity contribution in [2.24, 2.45) is 11.8 Å². The van der Waals surface area contributed by atoms with Crippen molar-refractivity contribution >= 4 is 23.8 Å². The first-order valence-corrected chi connectivity index (χ1v) is 5.68. The van der Waals surface area contributed by atoms with Gasteiger partial charge < -0.3 is 9.47 Å². The van der Waals surface area contributed by atoms with Gasteiger partial charge >= 0.3 is 11.9 Å². The van der Waals surface area contributed by atoms with E-state index < -0.39 is 35.6 Å². The Morgan fingerprint density at radius 3 is 2.28 bits per heavy atom. The van der Waals surface area contributed by atoms with Crippen LogP contribution in [0.4, 0.5) is 0 Å². The fraction of sp³-hybridized carbons (Fsp3) is 0.636. The molecule has 0 aliphatic carbocycles. The van der Waals surface area contributed by atoms with Gasteiger partial charge in [0, 0.05) is 0 Å². The third kappa shape index (κ3) is 3.06. The average Bonchev–Trinajstić information content (AvgIpc) is 2.54. The van der Waals surface area contributed by atoms with Crippen LogP contribution in [0.5, 0.6) is 0 Å². The van der Waals surface area contributed by atoms with Gasteiger partial charge in [0.15, 0.2) is 0 Å². The van der Waals surface area contributed by atoms with Crippen LogP contribution in [0.25, 0.3) is 0 Å². The number of carbonyl (C=O) groups is 4. The molecule has 7 nitrogen and oxygen atoms in total. The number of nitrogens with one attached hydrogen (secondary N) is 1. The third-order valence-corrected chi connectivity index (χ3v) is 2.50. The number of carbonyl (C=O) groups excluding carboxylic acids is 4. The van der Waals surface area contributed by atoms with Crippen LogP contribution in [-0.2, 0) is 28.7 Å². The zero-order valence-electron chi connectivity index (χ0n) is 10.2. The van der Waals surface area contributed by atoms with Crippen LogP contribution in [0.3, 0.4) is 0 Å². The Morgan fingerprint density at radius 1 is 1.11 bits per heavy atom. The van der Waals surface area contributed by atoms with Crippen LogP contribution in [0, 0.1) is 11.8 Å². The summed E-state index contributed by atoms with van der Waals surface area (Å²) < 4.78 is 9.41. The second kappa shape index (κ2) is 6.13. The molecule has 1 fully saturated rings. The minimum Gasteiger partial charge on any atom is -0.466 e. The van der Waals surface area contributed by atoms with E-state index in [9.17, 15) is 19.2 Å². The topological polar surface area (TPSA) is 98.8 Å². The predicted octanol–water partition coefficient (Wildman–Crippen LogP) is -0.608. The van der Waals surface area contributed by atoms with Gasteiger partial charge in [-0.05, 0) is 13.8 Å². The fourth-order valence-corrected chi connectivity index (χ4v) is 1.74. The fourth-order valence-electron chi connectivity index (χ4n) is 1.74. The van der Waals surface area contributed by atoms with Crippen molar-refractivity contribution in [2.75, 3.05) is 13.2 Å². The molecule has 0 radical (unpaired) electrons. The number of esters is 2. The molecule has 1 heterocycles. The summed E-state index contributed by atoms with van der Waals surface area (Å²) in [5.41, 5.74) is 0. The molecule has 1 saturated heterocycles. The van der Waals surface area contributed by atoms with E-state index in [-0.39, 0.29) is 19.6 Å². The Hall–Kier alpha value is -1.92. The first-order valence-electron chi connectivity index (χ1n) is 5.68. The van der Waals surface area contributed by atoms with Gasteiger partial charge in [0.25, 0.3) is 0 Å². The van der Waals surface area contributed by atoms with Gasteiger partial charge in [-0.3, -0.25) is 24.5 Å². The van der Waals surface area contributed by atoms with Gasteiger partial charge in [-0.2, -0.15) is 0 Å². The molecule has 1 aliphatic heterocycles. The van der Waals surface area contributed by atoms with E-state index in [2.05, 4.69) is 0 Å². The van der Waals surface area contributed by atoms with Gasteiger partial charge in [0.2, 0.25) is 11.8 Å². The number of amides is 2. The lowest BCUT2D eigenvalue weighted by molar-refractivity contribution is -0.154. The lowest BCUT2D eigenvalue weighted by Gasteiger charge is -2.13. The normalized spacial score (nSPS) is 22.6. The van der Waals surface area contributed by atoms with Crippen LogP contribution >= 0.6 is 0 Å². The molecule has 0 unspecified atom stereocenters. The molecule has 0 aromatic heterocycles. The minimum atomic E-state index is -1.26. The second-order valence-electron chi connectivity index (χ2n) is 3.70. The maximum absolute atomic E-state index is 11.6. The Bertz CT molecular complexity index is 378. The summed E-state index contributed by atoms with van der Waals surface area (Å²) in [7, 11) is 0. The van der Waals surface area contributed by atoms with E-state index in [1.54, 1.807) is 13.8 Å². The van der Waals surface area contributed by atoms with E-state index in [0.717, 1.165) is 0 Å². The maximum atomic E-state index is 11.6. The molecular formula is C11H15NO6. The molecule has 0 saturated carbocycles. The van der Waals surface area contributed by atoms with Gasteiger partial charge in [-0.1, -0.05) is 0 Å². The Kier molecular flexibility index (Phi) is 4.82. The van der Waals surface area contributed by atoms with Crippen molar-refractivity contribution in [1.29, 1.82) is 0 Å². The second-order valence-corrected chi connectivity index (χ2v) is 3.70. The highest BCUT2D eigenvalue weighted by Gasteiger charge is 2.48. The number of hydrogen-bond acceptors (Lipinski definition) is 6. The number of rotatable bonds is 5. The first-order chi connectivity index (χ1) is 8.51. The van der Waals surface area contributed by atoms with Crippen LogP contribution in [-0.4, -0.2) is 37.0 Å². The number of imide groups is 1. The monoisotopic (exact) mass is 257 g/mol. The van der Waals surface area contributed by atoms with Crippen molar-refractivity contribution in [3.63, 3.8) is 0 Å². The molecule has 2 amide bonds. The lowest BCUT2D eigenvalue weighted by atomic mass is 9.92. The molecule has 18 heavy (non-hydrogen) atoms. The summed E-state index contributed by atoms with van der Waals surface area (Å²) in [6.07, 6.45) is -0.311. The number of ether oxygens (including phenoxy) is 2. The number of hydrogen-bond donors (Lipinski definition) is 1. The average molecular weight is 257 g/mol. The van der Waals surface area contributed by atoms with Crippen molar-refractivity contribution in [1.82, 2.24) is 5.32 Å². The van der Waals surface area contributed by atoms with Crippen molar-refractivity contribution < 1.29 is 28.7 Å². The largest absolute Gasteiger partial charge is 0.466 e. The minimum absolute atomic E-state index is 0.100. The zero-order chi connectivity index (χ0) is 13.7. The van der Waals surface area contributed by atoms with Gasteiger partial charge in [-0.25, -0.2) is 0 Å². The zero-order valence-corrected chi connectivity index (χ0v) is 10.2. The molecule has 0 aromatic rings. The first kappa shape index (κ1) is 14.1. The van der Waals surface area contributed by atoms with E-state index in [1.165, 1.54) is 0 Å². The van der Waals surface area contributed by atoms with E-state index >= 15 is 0 Å². The molecule has 0 aromatic carbocycles.